The third-order valence-electron chi connectivity index (χ3n) is 9.94. The zero-order chi connectivity index (χ0) is 38.8. The van der Waals surface area contributed by atoms with E-state index in [9.17, 15) is 18.0 Å². The topological polar surface area (TPSA) is 146 Å². The first kappa shape index (κ1) is 39.1. The Morgan fingerprint density at radius 1 is 1.07 bits per heavy atom. The number of sulfone groups is 1. The molecule has 0 radical (unpaired) electrons. The Bertz CT molecular complexity index is 2300. The number of aryl methyl sites for hydroxylation is 2. The summed E-state index contributed by atoms with van der Waals surface area (Å²) in [7, 11) is -1.72. The lowest BCUT2D eigenvalue weighted by atomic mass is 9.75. The molecule has 5 aromatic rings. The summed E-state index contributed by atoms with van der Waals surface area (Å²) in [5.41, 5.74) is 2.34. The van der Waals surface area contributed by atoms with E-state index in [1.165, 1.54) is 31.7 Å². The maximum absolute atomic E-state index is 15.8. The molecular weight excluding hydrogens is 730 g/mol. The molecule has 2 aromatic carbocycles. The summed E-state index contributed by atoms with van der Waals surface area (Å²) in [4.78, 5) is 37.3. The fraction of sp³-hybridized carbons (Fsp3) is 0.425. The van der Waals surface area contributed by atoms with Crippen molar-refractivity contribution >= 4 is 44.4 Å². The minimum atomic E-state index is -3.53. The molecule has 0 spiro atoms. The molecule has 1 aliphatic heterocycles. The van der Waals surface area contributed by atoms with Crippen LogP contribution in [-0.4, -0.2) is 69.3 Å². The number of carbonyl (C=O) groups is 2. The van der Waals surface area contributed by atoms with Gasteiger partial charge in [0.1, 0.15) is 24.2 Å². The number of aromatic nitrogens is 5. The molecule has 11 nitrogen and oxygen atoms in total. The molecule has 1 aliphatic rings. The third kappa shape index (κ3) is 9.03. The molecular formula is C40H46FN5O6S2. The van der Waals surface area contributed by atoms with Crippen molar-refractivity contribution < 1.29 is 31.9 Å². The van der Waals surface area contributed by atoms with Crippen molar-refractivity contribution in [1.29, 1.82) is 0 Å². The van der Waals surface area contributed by atoms with E-state index >= 15 is 4.39 Å². The van der Waals surface area contributed by atoms with Crippen LogP contribution in [0.3, 0.4) is 0 Å². The Labute approximate surface area is 319 Å². The van der Waals surface area contributed by atoms with Crippen molar-refractivity contribution in [3.63, 3.8) is 0 Å². The van der Waals surface area contributed by atoms with Crippen molar-refractivity contribution in [2.45, 2.75) is 88.0 Å². The Balaban J connectivity index is 1.43. The summed E-state index contributed by atoms with van der Waals surface area (Å²) in [6, 6.07) is 14.9. The summed E-state index contributed by atoms with van der Waals surface area (Å²) in [5, 5.41) is 5.74. The number of benzene rings is 2. The number of H-pyrrole nitrogens is 1. The number of pyridine rings is 1. The average Bonchev–Trinajstić information content (AvgIpc) is 3.72. The molecule has 54 heavy (non-hydrogen) atoms. The minimum absolute atomic E-state index is 0.0140. The number of esters is 2. The predicted molar refractivity (Wildman–Crippen MR) is 205 cm³/mol. The molecule has 4 heterocycles. The first-order valence-electron chi connectivity index (χ1n) is 18.0. The number of fused-ring (bicyclic) bond motifs is 8. The van der Waals surface area contributed by atoms with Crippen molar-refractivity contribution in [3.05, 3.63) is 89.3 Å². The number of nitrogens with one attached hydrogen (secondary N) is 1. The molecule has 0 fully saturated rings. The van der Waals surface area contributed by atoms with Gasteiger partial charge in [-0.15, -0.1) is 0 Å². The molecule has 286 valence electrons. The number of nitrogens with zero attached hydrogens (tertiary/aromatic N) is 4. The van der Waals surface area contributed by atoms with E-state index in [1.807, 2.05) is 57.3 Å². The van der Waals surface area contributed by atoms with Crippen LogP contribution in [0.1, 0.15) is 76.4 Å². The largest absolute Gasteiger partial charge is 0.462 e. The van der Waals surface area contributed by atoms with Gasteiger partial charge in [0, 0.05) is 55.5 Å². The monoisotopic (exact) mass is 775 g/mol. The van der Waals surface area contributed by atoms with Crippen LogP contribution in [0.5, 0.6) is 0 Å². The molecule has 14 heteroatoms. The predicted octanol–water partition coefficient (Wildman–Crippen LogP) is 7.16. The van der Waals surface area contributed by atoms with E-state index < -0.39 is 44.5 Å². The first-order chi connectivity index (χ1) is 25.5. The summed E-state index contributed by atoms with van der Waals surface area (Å²) in [6.07, 6.45) is 5.10. The third-order valence-corrected chi connectivity index (χ3v) is 13.1. The van der Waals surface area contributed by atoms with Gasteiger partial charge in [0.2, 0.25) is 0 Å². The fourth-order valence-electron chi connectivity index (χ4n) is 7.33. The quantitative estimate of drug-likeness (QED) is 0.176. The zero-order valence-electron chi connectivity index (χ0n) is 31.4. The highest BCUT2D eigenvalue weighted by Crippen LogP contribution is 2.41. The van der Waals surface area contributed by atoms with E-state index in [-0.39, 0.29) is 24.5 Å². The van der Waals surface area contributed by atoms with Crippen molar-refractivity contribution in [2.24, 2.45) is 12.5 Å². The minimum Gasteiger partial charge on any atom is -0.462 e. The Hall–Kier alpha value is -4.56. The molecule has 0 aliphatic carbocycles. The fourth-order valence-corrected chi connectivity index (χ4v) is 10.3. The second-order valence-electron chi connectivity index (χ2n) is 15.1. The van der Waals surface area contributed by atoms with Crippen LogP contribution in [-0.2, 0) is 54.2 Å². The molecule has 4 bridgehead atoms. The molecule has 0 saturated carbocycles. The highest BCUT2D eigenvalue weighted by atomic mass is 32.2. The van der Waals surface area contributed by atoms with Gasteiger partial charge in [-0.3, -0.25) is 14.6 Å². The normalized spacial score (nSPS) is 19.2. The van der Waals surface area contributed by atoms with Crippen LogP contribution in [0.4, 0.5) is 4.39 Å². The molecule has 0 amide bonds. The van der Waals surface area contributed by atoms with E-state index in [0.717, 1.165) is 21.4 Å². The number of ether oxygens (including phenoxy) is 2. The molecule has 0 saturated heterocycles. The lowest BCUT2D eigenvalue weighted by Crippen LogP contribution is -2.29. The molecule has 3 aromatic heterocycles. The standard InChI is InChI=1S/C40H46FN5O6S2/c1-25(47)51-23-29(52-26(2)48)20-27-9-7-10-28(19-27)40(5)15-8-14-39(3,4)24-54(49,50)18-13-32-31-12-17-42-34(31)22-33(41)36(32)53-30-11-16-43-35(21-30)37-44-38(40)45-46(37)6/h7,9-12,16-17,19,21-22,29,42H,8,13-15,18,20,23-24H2,1-6H3/t29-,40-/m1/s1. The van der Waals surface area contributed by atoms with Gasteiger partial charge in [0.05, 0.1) is 21.8 Å². The second-order valence-corrected chi connectivity index (χ2v) is 18.4. The number of aromatic amines is 1. The maximum atomic E-state index is 15.8. The highest BCUT2D eigenvalue weighted by Gasteiger charge is 2.36. The Morgan fingerprint density at radius 2 is 1.87 bits per heavy atom. The van der Waals surface area contributed by atoms with Gasteiger partial charge in [0.25, 0.3) is 0 Å². The van der Waals surface area contributed by atoms with Gasteiger partial charge in [-0.05, 0) is 72.6 Å². The second kappa shape index (κ2) is 15.7. The van der Waals surface area contributed by atoms with Crippen LogP contribution in [0.25, 0.3) is 22.4 Å². The summed E-state index contributed by atoms with van der Waals surface area (Å²) >= 11 is 1.24. The summed E-state index contributed by atoms with van der Waals surface area (Å²) in [6.45, 7) is 8.58. The lowest BCUT2D eigenvalue weighted by Gasteiger charge is -2.31. The van der Waals surface area contributed by atoms with Gasteiger partial charge in [0.15, 0.2) is 21.5 Å². The highest BCUT2D eigenvalue weighted by molar-refractivity contribution is 7.99. The SMILES string of the molecule is CC(=O)OC[C@@H](Cc1cccc([C@@]2(C)CCCC(C)(C)CS(=O)(=O)CCc3c(c(F)cc4[nH]ccc34)Sc3ccnc(c3)-c3nc2nn3C)c1)OC(C)=O. The number of halogens is 1. The van der Waals surface area contributed by atoms with Crippen LogP contribution in [0.2, 0.25) is 0 Å². The molecule has 0 unspecified atom stereocenters. The first-order valence-corrected chi connectivity index (χ1v) is 20.6. The average molecular weight is 776 g/mol. The van der Waals surface area contributed by atoms with Crippen LogP contribution >= 0.6 is 11.8 Å². The Kier molecular flexibility index (Phi) is 11.4. The summed E-state index contributed by atoms with van der Waals surface area (Å²) in [5.74, 6) is -0.389. The maximum Gasteiger partial charge on any atom is 0.303 e. The molecule has 1 N–H and O–H groups in total. The van der Waals surface area contributed by atoms with Gasteiger partial charge in [-0.25, -0.2) is 22.5 Å². The lowest BCUT2D eigenvalue weighted by molar-refractivity contribution is -0.156. The van der Waals surface area contributed by atoms with E-state index in [2.05, 4.69) is 16.9 Å². The van der Waals surface area contributed by atoms with Crippen LogP contribution in [0.15, 0.2) is 70.7 Å². The number of carbonyl (C=O) groups excluding carboxylic acids is 2. The zero-order valence-corrected chi connectivity index (χ0v) is 33.1. The molecule has 6 rings (SSSR count). The van der Waals surface area contributed by atoms with E-state index in [4.69, 9.17) is 19.6 Å². The van der Waals surface area contributed by atoms with E-state index in [1.54, 1.807) is 23.1 Å². The Morgan fingerprint density at radius 3 is 2.63 bits per heavy atom. The smallest absolute Gasteiger partial charge is 0.303 e. The van der Waals surface area contributed by atoms with Crippen LogP contribution < -0.4 is 0 Å². The number of hydrogen-bond acceptors (Lipinski definition) is 10. The van der Waals surface area contributed by atoms with Crippen molar-refractivity contribution in [1.82, 2.24) is 24.7 Å². The van der Waals surface area contributed by atoms with Crippen molar-refractivity contribution in [2.75, 3.05) is 18.1 Å². The van der Waals surface area contributed by atoms with Gasteiger partial charge >= 0.3 is 11.9 Å². The molecule has 2 atom stereocenters. The van der Waals surface area contributed by atoms with Gasteiger partial charge < -0.3 is 14.5 Å². The van der Waals surface area contributed by atoms with Gasteiger partial charge in [-0.2, -0.15) is 5.10 Å². The summed E-state index contributed by atoms with van der Waals surface area (Å²) < 4.78 is 55.7. The van der Waals surface area contributed by atoms with Crippen molar-refractivity contribution in [3.8, 4) is 11.5 Å². The van der Waals surface area contributed by atoms with E-state index in [0.29, 0.717) is 59.0 Å². The number of rotatable bonds is 6. The number of hydrogen-bond donors (Lipinski definition) is 1. The van der Waals surface area contributed by atoms with Gasteiger partial charge in [-0.1, -0.05) is 56.3 Å². The van der Waals surface area contributed by atoms with Crippen LogP contribution in [0, 0.1) is 11.2 Å².